The van der Waals surface area contributed by atoms with Crippen LogP contribution in [0.1, 0.15) is 80.6 Å². The number of alkyl halides is 5. The van der Waals surface area contributed by atoms with Crippen LogP contribution in [0.15, 0.2) is 36.5 Å². The highest BCUT2D eigenvalue weighted by atomic mass is 19.4. The van der Waals surface area contributed by atoms with Crippen LogP contribution in [0.5, 0.6) is 0 Å². The molecule has 14 heteroatoms. The summed E-state index contributed by atoms with van der Waals surface area (Å²) in [4.78, 5) is 34.6. The first-order valence-corrected chi connectivity index (χ1v) is 14.7. The summed E-state index contributed by atoms with van der Waals surface area (Å²) in [6.07, 6.45) is -4.42. The van der Waals surface area contributed by atoms with E-state index in [4.69, 9.17) is 4.74 Å². The normalized spacial score (nSPS) is 21.7. The molecule has 0 spiro atoms. The summed E-state index contributed by atoms with van der Waals surface area (Å²) < 4.78 is 75.1. The van der Waals surface area contributed by atoms with Gasteiger partial charge in [-0.2, -0.15) is 18.3 Å². The quantitative estimate of drug-likeness (QED) is 0.303. The monoisotopic (exact) mass is 622 g/mol. The van der Waals surface area contributed by atoms with Crippen LogP contribution in [0.3, 0.4) is 0 Å². The fourth-order valence-electron chi connectivity index (χ4n) is 5.92. The molecule has 2 amide bonds. The van der Waals surface area contributed by atoms with Crippen molar-refractivity contribution in [3.8, 4) is 0 Å². The second-order valence-corrected chi connectivity index (χ2v) is 12.0. The minimum atomic E-state index is -4.44. The molecule has 3 aromatic rings. The molecule has 44 heavy (non-hydrogen) atoms. The number of rotatable bonds is 8. The number of alkyl carbamates (subject to hydrolysis) is 1. The molecular formula is C30H35F5N6O3. The largest absolute Gasteiger partial charge is 0.445 e. The van der Waals surface area contributed by atoms with E-state index in [0.717, 1.165) is 5.56 Å². The predicted octanol–water partition coefficient (Wildman–Crippen LogP) is 5.90. The van der Waals surface area contributed by atoms with Crippen molar-refractivity contribution < 1.29 is 36.3 Å². The molecule has 0 radical (unpaired) electrons. The van der Waals surface area contributed by atoms with Crippen molar-refractivity contribution in [3.05, 3.63) is 59.2 Å². The number of hydrogen-bond acceptors (Lipinski definition) is 6. The first-order valence-electron chi connectivity index (χ1n) is 14.7. The molecule has 2 aromatic heterocycles. The number of nitrogens with one attached hydrogen (secondary N) is 2. The zero-order chi connectivity index (χ0) is 31.6. The molecule has 3 heterocycles. The van der Waals surface area contributed by atoms with E-state index in [9.17, 15) is 31.5 Å². The average molecular weight is 623 g/mol. The van der Waals surface area contributed by atoms with Crippen LogP contribution in [0.25, 0.3) is 5.78 Å². The Kier molecular flexibility index (Phi) is 9.07. The first-order chi connectivity index (χ1) is 20.8. The van der Waals surface area contributed by atoms with Gasteiger partial charge in [0.1, 0.15) is 6.61 Å². The van der Waals surface area contributed by atoms with Gasteiger partial charge in [-0.05, 0) is 36.7 Å². The van der Waals surface area contributed by atoms with E-state index >= 15 is 0 Å². The first kappa shape index (κ1) is 31.6. The summed E-state index contributed by atoms with van der Waals surface area (Å²) >= 11 is 0. The molecule has 1 saturated carbocycles. The van der Waals surface area contributed by atoms with E-state index in [2.05, 4.69) is 25.7 Å². The minimum absolute atomic E-state index is 0.0153. The number of ether oxygens (including phenoxy) is 1. The number of carbonyl (C=O) groups excluding carboxylic acids is 2. The van der Waals surface area contributed by atoms with Crippen LogP contribution in [0.2, 0.25) is 0 Å². The van der Waals surface area contributed by atoms with E-state index in [0.29, 0.717) is 17.1 Å². The molecule has 9 nitrogen and oxygen atoms in total. The molecule has 5 rings (SSSR count). The standard InChI is InChI=1S/C30H35F5N6O3/c1-17(2)24-22(13-20-12-21(30(33,34)35)14-36-26(20)42)40-41-15-23(37-27(41)38-24)25(19-8-10-29(31,32)11-9-19)39-28(43)44-16-18-6-4-3-5-7-18/h3-7,15,17,19-21,25H,8-14,16H2,1-2H3,(H,36,42)(H,39,43)/t20-,21-,25+/m1/s1. The number of fused-ring (bicyclic) bond motifs is 1. The number of benzene rings is 1. The Morgan fingerprint density at radius 2 is 1.86 bits per heavy atom. The fourth-order valence-corrected chi connectivity index (χ4v) is 5.92. The molecule has 2 N–H and O–H groups in total. The fraction of sp³-hybridized carbons (Fsp3) is 0.567. The molecule has 2 fully saturated rings. The number of halogens is 5. The number of imidazole rings is 1. The van der Waals surface area contributed by atoms with Crippen LogP contribution in [0, 0.1) is 17.8 Å². The molecular weight excluding hydrogens is 587 g/mol. The molecule has 3 atom stereocenters. The van der Waals surface area contributed by atoms with E-state index in [1.165, 1.54) is 10.7 Å². The molecule has 238 valence electrons. The highest BCUT2D eigenvalue weighted by Gasteiger charge is 2.45. The van der Waals surface area contributed by atoms with Crippen LogP contribution in [-0.2, 0) is 22.6 Å². The van der Waals surface area contributed by atoms with Crippen molar-refractivity contribution in [2.24, 2.45) is 17.8 Å². The maximum Gasteiger partial charge on any atom is 0.408 e. The van der Waals surface area contributed by atoms with Crippen molar-refractivity contribution in [1.82, 2.24) is 30.2 Å². The maximum absolute atomic E-state index is 14.0. The molecule has 1 aliphatic heterocycles. The third kappa shape index (κ3) is 7.44. The van der Waals surface area contributed by atoms with Crippen molar-refractivity contribution in [1.29, 1.82) is 0 Å². The van der Waals surface area contributed by atoms with Crippen molar-refractivity contribution in [2.45, 2.75) is 83.0 Å². The zero-order valence-corrected chi connectivity index (χ0v) is 24.4. The van der Waals surface area contributed by atoms with E-state index in [-0.39, 0.29) is 62.7 Å². The summed E-state index contributed by atoms with van der Waals surface area (Å²) in [5.74, 6) is -6.22. The van der Waals surface area contributed by atoms with Crippen molar-refractivity contribution in [3.63, 3.8) is 0 Å². The molecule has 1 aliphatic carbocycles. The Labute approximate surface area is 251 Å². The number of aromatic nitrogens is 4. The lowest BCUT2D eigenvalue weighted by molar-refractivity contribution is -0.183. The highest BCUT2D eigenvalue weighted by molar-refractivity contribution is 5.79. The lowest BCUT2D eigenvalue weighted by Gasteiger charge is -2.33. The molecule has 1 aromatic carbocycles. The second kappa shape index (κ2) is 12.6. The van der Waals surface area contributed by atoms with Gasteiger partial charge in [0.15, 0.2) is 0 Å². The van der Waals surface area contributed by atoms with Gasteiger partial charge in [0.25, 0.3) is 5.78 Å². The summed E-state index contributed by atoms with van der Waals surface area (Å²) in [6, 6.07) is 8.29. The predicted molar refractivity (Wildman–Crippen MR) is 149 cm³/mol. The smallest absolute Gasteiger partial charge is 0.408 e. The van der Waals surface area contributed by atoms with Crippen molar-refractivity contribution >= 4 is 17.8 Å². The van der Waals surface area contributed by atoms with Gasteiger partial charge < -0.3 is 15.4 Å². The Balaban J connectivity index is 1.42. The third-order valence-electron chi connectivity index (χ3n) is 8.38. The lowest BCUT2D eigenvalue weighted by Crippen LogP contribution is -2.47. The van der Waals surface area contributed by atoms with Crippen LogP contribution in [0.4, 0.5) is 26.7 Å². The molecule has 0 bridgehead atoms. The Morgan fingerprint density at radius 3 is 2.52 bits per heavy atom. The molecule has 1 saturated heterocycles. The summed E-state index contributed by atoms with van der Waals surface area (Å²) in [5.41, 5.74) is 1.97. The number of nitrogens with zero attached hydrogens (tertiary/aromatic N) is 4. The number of amides is 2. The van der Waals surface area contributed by atoms with Gasteiger partial charge in [0.05, 0.1) is 35.2 Å². The third-order valence-corrected chi connectivity index (χ3v) is 8.38. The Bertz CT molecular complexity index is 1470. The van der Waals surface area contributed by atoms with Gasteiger partial charge in [-0.25, -0.2) is 28.1 Å². The SMILES string of the molecule is CC(C)c1nc2nc([C@@H](NC(=O)OCc3ccccc3)C3CCC(F)(F)CC3)cn2nc1C[C@H]1C[C@@H](C(F)(F)F)CNC1=O. The van der Waals surface area contributed by atoms with Gasteiger partial charge in [-0.1, -0.05) is 44.2 Å². The van der Waals surface area contributed by atoms with E-state index < -0.39 is 48.5 Å². The van der Waals surface area contributed by atoms with Gasteiger partial charge >= 0.3 is 12.3 Å². The Hall–Kier alpha value is -3.84. The van der Waals surface area contributed by atoms with E-state index in [1.807, 2.05) is 32.0 Å². The van der Waals surface area contributed by atoms with Crippen LogP contribution < -0.4 is 10.6 Å². The minimum Gasteiger partial charge on any atom is -0.445 e. The van der Waals surface area contributed by atoms with Crippen LogP contribution in [-0.4, -0.2) is 50.2 Å². The maximum atomic E-state index is 14.0. The second-order valence-electron chi connectivity index (χ2n) is 12.0. The van der Waals surface area contributed by atoms with Gasteiger partial charge in [0.2, 0.25) is 11.8 Å². The summed E-state index contributed by atoms with van der Waals surface area (Å²) in [5, 5.41) is 9.78. The average Bonchev–Trinajstić information content (AvgIpc) is 3.38. The van der Waals surface area contributed by atoms with E-state index in [1.54, 1.807) is 12.1 Å². The van der Waals surface area contributed by atoms with Gasteiger partial charge in [-0.15, -0.1) is 0 Å². The molecule has 0 unspecified atom stereocenters. The number of piperidine rings is 1. The summed E-state index contributed by atoms with van der Waals surface area (Å²) in [6.45, 7) is 3.26. The van der Waals surface area contributed by atoms with Gasteiger partial charge in [0, 0.05) is 31.7 Å². The van der Waals surface area contributed by atoms with Crippen LogP contribution >= 0.6 is 0 Å². The topological polar surface area (TPSA) is 111 Å². The van der Waals surface area contributed by atoms with Gasteiger partial charge in [-0.3, -0.25) is 4.79 Å². The zero-order valence-electron chi connectivity index (χ0n) is 24.4. The molecule has 2 aliphatic rings. The number of carbonyl (C=O) groups is 2. The van der Waals surface area contributed by atoms with Crippen molar-refractivity contribution in [2.75, 3.05) is 6.54 Å². The number of hydrogen-bond donors (Lipinski definition) is 2. The summed E-state index contributed by atoms with van der Waals surface area (Å²) in [7, 11) is 0. The highest BCUT2D eigenvalue weighted by Crippen LogP contribution is 2.41. The lowest BCUT2D eigenvalue weighted by atomic mass is 9.81. The Morgan fingerprint density at radius 1 is 1.16 bits per heavy atom.